The molecule has 0 aliphatic rings. The molecule has 0 aliphatic heterocycles. The Bertz CT molecular complexity index is 3580. The summed E-state index contributed by atoms with van der Waals surface area (Å²) < 4.78 is 75.2. The molecule has 0 spiro atoms. The number of halogens is 6. The number of aryl methyl sites for hydroxylation is 2. The predicted octanol–water partition coefficient (Wildman–Crippen LogP) is 12.9. The molecule has 4 aromatic carbocycles. The number of nitrogens with zero attached hydrogens (tertiary/aromatic N) is 12. The number of pyridine rings is 4. The number of alkyl halides is 6. The molecule has 12 nitrogen and oxygen atoms in total. The Kier molecular flexibility index (Phi) is 20.0. The minimum Gasteiger partial charge on any atom is -0.574 e. The fourth-order valence-electron chi connectivity index (χ4n) is 7.26. The van der Waals surface area contributed by atoms with Gasteiger partial charge in [-0.05, 0) is 73.0 Å². The summed E-state index contributed by atoms with van der Waals surface area (Å²) in [5.74, 6) is 0. The smallest absolute Gasteiger partial charge is 0.431 e. The van der Waals surface area contributed by atoms with E-state index < -0.39 is 23.7 Å². The number of benzene rings is 4. The van der Waals surface area contributed by atoms with Gasteiger partial charge in [0.15, 0.2) is 0 Å². The van der Waals surface area contributed by atoms with Crippen molar-refractivity contribution in [3.8, 4) is 90.6 Å². The van der Waals surface area contributed by atoms with E-state index in [4.69, 9.17) is 0 Å². The zero-order chi connectivity index (χ0) is 54.5. The maximum Gasteiger partial charge on any atom is 0.431 e. The molecule has 12 rings (SSSR count). The van der Waals surface area contributed by atoms with E-state index in [-0.39, 0.29) is 51.6 Å². The van der Waals surface area contributed by atoms with Crippen LogP contribution < -0.4 is 20.4 Å². The molecule has 80 heavy (non-hydrogen) atoms. The molecule has 0 saturated heterocycles. The van der Waals surface area contributed by atoms with Gasteiger partial charge in [0.25, 0.3) is 0 Å². The molecule has 20 heteroatoms. The summed E-state index contributed by atoms with van der Waals surface area (Å²) in [7, 11) is 0. The van der Waals surface area contributed by atoms with Crippen LogP contribution in [0.5, 0.6) is 0 Å². The van der Waals surface area contributed by atoms with Crippen LogP contribution >= 0.6 is 0 Å². The van der Waals surface area contributed by atoms with Gasteiger partial charge in [-0.1, -0.05) is 83.4 Å². The van der Waals surface area contributed by atoms with Crippen LogP contribution in [0.4, 0.5) is 26.3 Å². The van der Waals surface area contributed by atoms with Gasteiger partial charge in [0.2, 0.25) is 0 Å². The summed E-state index contributed by atoms with van der Waals surface area (Å²) in [5.41, 5.74) is 10.5. The van der Waals surface area contributed by atoms with Gasteiger partial charge in [-0.25, -0.2) is 0 Å². The van der Waals surface area contributed by atoms with Crippen molar-refractivity contribution in [2.24, 2.45) is 0 Å². The molecule has 12 aromatic rings. The summed E-state index contributed by atoms with van der Waals surface area (Å²) >= 11 is 0. The number of hydrogen-bond acceptors (Lipinski definition) is 8. The average Bonchev–Trinajstić information content (AvgIpc) is 4.35. The molecule has 0 bridgehead atoms. The third-order valence-corrected chi connectivity index (χ3v) is 11.0. The van der Waals surface area contributed by atoms with Crippen LogP contribution in [-0.4, -0.2) is 40.3 Å². The van der Waals surface area contributed by atoms with Gasteiger partial charge in [0.05, 0.1) is 0 Å². The molecule has 0 atom stereocenters. The summed E-state index contributed by atoms with van der Waals surface area (Å²) in [4.78, 5) is 17.8. The SMILES string of the molecule is Cc1cc(-c2cccc(-c3[c-]cccc3)n2)[n-]n1.Cc1cc(-c2cccc(-c3[c-]cccc3)n2)[n-]n1.FC(F)(F)c1cc(-c2cccc(-c3[c-]cccc3)n2)[n-]n1.FC(F)(F)c1cc(-c2cccc(-c3[c-]cccc3)n2)[n-]n1.[Ir].[Ir]. The maximum atomic E-state index is 12.5. The summed E-state index contributed by atoms with van der Waals surface area (Å²) in [5, 5.41) is 29.6. The van der Waals surface area contributed by atoms with Crippen molar-refractivity contribution in [3.05, 3.63) is 241 Å². The molecule has 0 N–H and O–H groups in total. The number of aromatic nitrogens is 12. The Morgan fingerprint density at radius 2 is 0.562 bits per heavy atom. The summed E-state index contributed by atoms with van der Waals surface area (Å²) in [6.45, 7) is 3.84. The number of rotatable bonds is 8. The topological polar surface area (TPSA) is 160 Å². The Labute approximate surface area is 482 Å². The molecule has 2 radical (unpaired) electrons. The molecule has 0 unspecified atom stereocenters. The van der Waals surface area contributed by atoms with Crippen LogP contribution in [0.15, 0.2) is 194 Å². The maximum absolute atomic E-state index is 12.5. The van der Waals surface area contributed by atoms with E-state index in [1.807, 2.05) is 147 Å². The van der Waals surface area contributed by atoms with E-state index in [1.165, 1.54) is 0 Å². The minimum atomic E-state index is -4.50. The van der Waals surface area contributed by atoms with Gasteiger partial charge in [-0.3, -0.25) is 19.9 Å². The summed E-state index contributed by atoms with van der Waals surface area (Å²) in [6, 6.07) is 70.0. The fraction of sp³-hybridized carbons (Fsp3) is 0.0667. The van der Waals surface area contributed by atoms with E-state index in [2.05, 4.69) is 85.0 Å². The summed E-state index contributed by atoms with van der Waals surface area (Å²) in [6.07, 6.45) is -9.01. The van der Waals surface area contributed by atoms with Crippen molar-refractivity contribution < 1.29 is 66.6 Å². The fourth-order valence-corrected chi connectivity index (χ4v) is 7.26. The normalized spacial score (nSPS) is 10.8. The van der Waals surface area contributed by atoms with Crippen molar-refractivity contribution in [2.45, 2.75) is 26.2 Å². The van der Waals surface area contributed by atoms with E-state index in [1.54, 1.807) is 48.5 Å². The average molecular weight is 1430 g/mol. The predicted molar refractivity (Wildman–Crippen MR) is 280 cm³/mol. The van der Waals surface area contributed by atoms with Gasteiger partial charge in [0.1, 0.15) is 11.4 Å². The molecule has 8 aromatic heterocycles. The van der Waals surface area contributed by atoms with E-state index >= 15 is 0 Å². The van der Waals surface area contributed by atoms with Crippen LogP contribution in [-0.2, 0) is 52.6 Å². The molecular weight excluding hydrogens is 1390 g/mol. The first kappa shape index (κ1) is 58.9. The third kappa shape index (κ3) is 15.7. The van der Waals surface area contributed by atoms with Gasteiger partial charge >= 0.3 is 12.4 Å². The van der Waals surface area contributed by atoms with Crippen LogP contribution in [0, 0.1) is 38.1 Å². The molecular formula is C60H38F6Ir2N12-8. The standard InChI is InChI=1S/2C15H8F3N3.2C15H11N3.2Ir/c2*16-15(17,18)14-9-13(20-21-14)12-8-4-7-11(19-12)10-5-2-1-3-6-10;2*1-11-10-15(18-17-11)14-9-5-8-13(16-14)12-6-3-2-4-7-12;;/h2*1-5,7-9H;2*2-6,8-10H,1H3;;/q4*-2;;. The molecule has 0 fully saturated rings. The van der Waals surface area contributed by atoms with Crippen molar-refractivity contribution in [1.29, 1.82) is 0 Å². The van der Waals surface area contributed by atoms with Crippen molar-refractivity contribution in [1.82, 2.24) is 60.7 Å². The Morgan fingerprint density at radius 3 is 0.775 bits per heavy atom. The van der Waals surface area contributed by atoms with Crippen LogP contribution in [0.1, 0.15) is 22.8 Å². The van der Waals surface area contributed by atoms with Crippen molar-refractivity contribution >= 4 is 0 Å². The van der Waals surface area contributed by atoms with Gasteiger partial charge < -0.3 is 40.8 Å². The van der Waals surface area contributed by atoms with Gasteiger partial charge in [-0.15, -0.1) is 144 Å². The monoisotopic (exact) mass is 1430 g/mol. The van der Waals surface area contributed by atoms with Crippen LogP contribution in [0.3, 0.4) is 0 Å². The third-order valence-electron chi connectivity index (χ3n) is 11.0. The van der Waals surface area contributed by atoms with E-state index in [9.17, 15) is 26.3 Å². The second-order valence-electron chi connectivity index (χ2n) is 16.7. The molecule has 8 heterocycles. The van der Waals surface area contributed by atoms with Crippen LogP contribution in [0.25, 0.3) is 90.6 Å². The quantitative estimate of drug-likeness (QED) is 0.105. The first-order valence-electron chi connectivity index (χ1n) is 23.6. The zero-order valence-corrected chi connectivity index (χ0v) is 46.6. The van der Waals surface area contributed by atoms with Gasteiger partial charge in [-0.2, -0.15) is 26.3 Å². The molecule has 0 aliphatic carbocycles. The second-order valence-corrected chi connectivity index (χ2v) is 16.7. The largest absolute Gasteiger partial charge is 0.574 e. The van der Waals surface area contributed by atoms with E-state index in [0.717, 1.165) is 79.9 Å². The number of hydrogen-bond donors (Lipinski definition) is 0. The molecule has 406 valence electrons. The Morgan fingerprint density at radius 1 is 0.312 bits per heavy atom. The van der Waals surface area contributed by atoms with Gasteiger partial charge in [0, 0.05) is 74.4 Å². The zero-order valence-electron chi connectivity index (χ0n) is 41.8. The minimum absolute atomic E-state index is 0. The second kappa shape index (κ2) is 27.2. The Hall–Kier alpha value is -8.80. The first-order chi connectivity index (χ1) is 37.7. The van der Waals surface area contributed by atoms with Crippen LogP contribution in [0.2, 0.25) is 0 Å². The molecule has 0 saturated carbocycles. The Balaban J connectivity index is 0.000000153. The molecule has 0 amide bonds. The van der Waals surface area contributed by atoms with Crippen molar-refractivity contribution in [2.75, 3.05) is 0 Å². The van der Waals surface area contributed by atoms with E-state index in [0.29, 0.717) is 22.8 Å². The van der Waals surface area contributed by atoms with Crippen molar-refractivity contribution in [3.63, 3.8) is 0 Å². The first-order valence-corrected chi connectivity index (χ1v) is 23.6.